The van der Waals surface area contributed by atoms with Gasteiger partial charge in [0.1, 0.15) is 0 Å². The Kier molecular flexibility index (Phi) is 3.62. The first-order valence-corrected chi connectivity index (χ1v) is 7.63. The molecule has 102 valence electrons. The Balaban J connectivity index is 1.86. The smallest absolute Gasteiger partial charge is 0.193 e. The van der Waals surface area contributed by atoms with Crippen molar-refractivity contribution < 1.29 is 4.79 Å². The molecule has 1 saturated carbocycles. The number of nitrogen functional groups attached to an aromatic ring is 1. The van der Waals surface area contributed by atoms with E-state index in [1.165, 1.54) is 24.8 Å². The molecule has 0 radical (unpaired) electrons. The van der Waals surface area contributed by atoms with Crippen molar-refractivity contribution in [2.24, 2.45) is 0 Å². The molecule has 0 heterocycles. The third-order valence-corrected chi connectivity index (χ3v) is 4.39. The Morgan fingerprint density at radius 3 is 2.30 bits per heavy atom. The number of carbonyl (C=O) groups excluding carboxylic acids is 1. The lowest BCUT2D eigenvalue weighted by Crippen LogP contribution is -2.09. The zero-order valence-electron chi connectivity index (χ0n) is 11.1. The fourth-order valence-electron chi connectivity index (χ4n) is 2.56. The highest BCUT2D eigenvalue weighted by Crippen LogP contribution is 2.36. The average Bonchev–Trinajstić information content (AvgIpc) is 2.35. The van der Waals surface area contributed by atoms with Crippen molar-refractivity contribution in [3.63, 3.8) is 0 Å². The van der Waals surface area contributed by atoms with Gasteiger partial charge in [-0.1, -0.05) is 46.6 Å². The number of carbonyl (C=O) groups is 1. The minimum absolute atomic E-state index is 0.0122. The van der Waals surface area contributed by atoms with Gasteiger partial charge in [0.25, 0.3) is 0 Å². The van der Waals surface area contributed by atoms with E-state index in [2.05, 4.69) is 28.1 Å². The molecule has 0 aliphatic heterocycles. The normalized spacial score (nSPS) is 14.8. The van der Waals surface area contributed by atoms with Crippen LogP contribution in [0.1, 0.15) is 46.7 Å². The van der Waals surface area contributed by atoms with E-state index in [1.54, 1.807) is 18.2 Å². The van der Waals surface area contributed by atoms with Crippen LogP contribution in [0.25, 0.3) is 0 Å². The molecule has 0 atom stereocenters. The molecule has 3 rings (SSSR count). The van der Waals surface area contributed by atoms with Gasteiger partial charge in [0.05, 0.1) is 0 Å². The topological polar surface area (TPSA) is 43.1 Å². The summed E-state index contributed by atoms with van der Waals surface area (Å²) in [4.78, 5) is 12.4. The number of hydrogen-bond donors (Lipinski definition) is 1. The van der Waals surface area contributed by atoms with Crippen LogP contribution in [0.5, 0.6) is 0 Å². The van der Waals surface area contributed by atoms with Crippen LogP contribution in [-0.2, 0) is 0 Å². The van der Waals surface area contributed by atoms with Crippen LogP contribution in [-0.4, -0.2) is 5.78 Å². The van der Waals surface area contributed by atoms with Gasteiger partial charge in [-0.2, -0.15) is 0 Å². The first-order chi connectivity index (χ1) is 9.63. The molecule has 0 unspecified atom stereocenters. The number of nitrogens with two attached hydrogens (primary N) is 1. The lowest BCUT2D eigenvalue weighted by Gasteiger charge is -2.25. The predicted molar refractivity (Wildman–Crippen MR) is 85.0 cm³/mol. The highest BCUT2D eigenvalue weighted by Gasteiger charge is 2.19. The highest BCUT2D eigenvalue weighted by atomic mass is 79.9. The standard InChI is InChI=1S/C17H16BrNO/c18-15-8-14(9-16(19)10-15)17(20)13-6-4-12(5-7-13)11-2-1-3-11/h4-11H,1-3,19H2. The van der Waals surface area contributed by atoms with E-state index >= 15 is 0 Å². The van der Waals surface area contributed by atoms with E-state index < -0.39 is 0 Å². The zero-order valence-corrected chi connectivity index (χ0v) is 12.7. The molecule has 0 saturated heterocycles. The summed E-state index contributed by atoms with van der Waals surface area (Å²) in [5.41, 5.74) is 9.05. The minimum Gasteiger partial charge on any atom is -0.399 e. The summed E-state index contributed by atoms with van der Waals surface area (Å²) in [6, 6.07) is 13.3. The van der Waals surface area contributed by atoms with E-state index in [4.69, 9.17) is 5.73 Å². The first kappa shape index (κ1) is 13.4. The molecule has 2 nitrogen and oxygen atoms in total. The van der Waals surface area contributed by atoms with Crippen LogP contribution in [0.2, 0.25) is 0 Å². The Morgan fingerprint density at radius 2 is 1.75 bits per heavy atom. The largest absolute Gasteiger partial charge is 0.399 e. The third-order valence-electron chi connectivity index (χ3n) is 3.93. The van der Waals surface area contributed by atoms with Gasteiger partial charge >= 0.3 is 0 Å². The maximum absolute atomic E-state index is 12.4. The van der Waals surface area contributed by atoms with Crippen LogP contribution in [0.3, 0.4) is 0 Å². The predicted octanol–water partition coefficient (Wildman–Crippen LogP) is 4.53. The quantitative estimate of drug-likeness (QED) is 0.664. The van der Waals surface area contributed by atoms with Crippen molar-refractivity contribution >= 4 is 27.4 Å². The maximum atomic E-state index is 12.4. The van der Waals surface area contributed by atoms with Crippen molar-refractivity contribution in [2.75, 3.05) is 5.73 Å². The van der Waals surface area contributed by atoms with Gasteiger partial charge in [0, 0.05) is 21.3 Å². The molecule has 1 fully saturated rings. The summed E-state index contributed by atoms with van der Waals surface area (Å²) in [7, 11) is 0. The number of anilines is 1. The van der Waals surface area contributed by atoms with Crippen molar-refractivity contribution in [3.8, 4) is 0 Å². The Labute approximate surface area is 127 Å². The number of halogens is 1. The fourth-order valence-corrected chi connectivity index (χ4v) is 3.07. The van der Waals surface area contributed by atoms with Crippen molar-refractivity contribution in [2.45, 2.75) is 25.2 Å². The van der Waals surface area contributed by atoms with Gasteiger partial charge < -0.3 is 5.73 Å². The average molecular weight is 330 g/mol. The molecule has 1 aliphatic carbocycles. The molecular formula is C17H16BrNO. The summed E-state index contributed by atoms with van der Waals surface area (Å²) >= 11 is 3.37. The Morgan fingerprint density at radius 1 is 1.05 bits per heavy atom. The van der Waals surface area contributed by atoms with Gasteiger partial charge in [0.15, 0.2) is 5.78 Å². The summed E-state index contributed by atoms with van der Waals surface area (Å²) in [5.74, 6) is 0.707. The summed E-state index contributed by atoms with van der Waals surface area (Å²) < 4.78 is 0.826. The van der Waals surface area contributed by atoms with Crippen LogP contribution >= 0.6 is 15.9 Å². The molecule has 0 spiro atoms. The second-order valence-corrected chi connectivity index (χ2v) is 6.27. The number of hydrogen-bond acceptors (Lipinski definition) is 2. The zero-order chi connectivity index (χ0) is 14.1. The first-order valence-electron chi connectivity index (χ1n) is 6.84. The third kappa shape index (κ3) is 2.63. The van der Waals surface area contributed by atoms with Crippen LogP contribution in [0, 0.1) is 0 Å². The monoisotopic (exact) mass is 329 g/mol. The van der Waals surface area contributed by atoms with Crippen LogP contribution < -0.4 is 5.73 Å². The molecule has 2 aromatic carbocycles. The molecule has 0 amide bonds. The maximum Gasteiger partial charge on any atom is 0.193 e. The van der Waals surface area contributed by atoms with E-state index in [0.717, 1.165) is 4.47 Å². The van der Waals surface area contributed by atoms with Crippen molar-refractivity contribution in [1.29, 1.82) is 0 Å². The molecule has 0 bridgehead atoms. The van der Waals surface area contributed by atoms with E-state index in [9.17, 15) is 4.79 Å². The second-order valence-electron chi connectivity index (χ2n) is 5.35. The second kappa shape index (κ2) is 5.41. The van der Waals surface area contributed by atoms with Gasteiger partial charge in [-0.15, -0.1) is 0 Å². The Bertz CT molecular complexity index is 624. The number of benzene rings is 2. The molecule has 20 heavy (non-hydrogen) atoms. The molecular weight excluding hydrogens is 314 g/mol. The summed E-state index contributed by atoms with van der Waals surface area (Å²) in [5, 5.41) is 0. The fraction of sp³-hybridized carbons (Fsp3) is 0.235. The van der Waals surface area contributed by atoms with Crippen molar-refractivity contribution in [3.05, 3.63) is 63.6 Å². The van der Waals surface area contributed by atoms with Crippen molar-refractivity contribution in [1.82, 2.24) is 0 Å². The SMILES string of the molecule is Nc1cc(Br)cc(C(=O)c2ccc(C3CCC3)cc2)c1. The lowest BCUT2D eigenvalue weighted by atomic mass is 9.80. The lowest BCUT2D eigenvalue weighted by molar-refractivity contribution is 0.103. The van der Waals surface area contributed by atoms with Crippen LogP contribution in [0.15, 0.2) is 46.9 Å². The highest BCUT2D eigenvalue weighted by molar-refractivity contribution is 9.10. The van der Waals surface area contributed by atoms with Gasteiger partial charge in [-0.05, 0) is 42.5 Å². The number of rotatable bonds is 3. The summed E-state index contributed by atoms with van der Waals surface area (Å²) in [6.45, 7) is 0. The minimum atomic E-state index is 0.0122. The van der Waals surface area contributed by atoms with Gasteiger partial charge in [-0.25, -0.2) is 0 Å². The van der Waals surface area contributed by atoms with Crippen LogP contribution in [0.4, 0.5) is 5.69 Å². The molecule has 0 aromatic heterocycles. The number of ketones is 1. The van der Waals surface area contributed by atoms with E-state index in [1.807, 2.05) is 12.1 Å². The van der Waals surface area contributed by atoms with E-state index in [0.29, 0.717) is 22.7 Å². The van der Waals surface area contributed by atoms with Gasteiger partial charge in [-0.3, -0.25) is 4.79 Å². The molecule has 2 N–H and O–H groups in total. The Hall–Kier alpha value is -1.61. The molecule has 1 aliphatic rings. The van der Waals surface area contributed by atoms with E-state index in [-0.39, 0.29) is 5.78 Å². The molecule has 2 aromatic rings. The summed E-state index contributed by atoms with van der Waals surface area (Å²) in [6.07, 6.45) is 3.87. The molecule has 3 heteroatoms. The van der Waals surface area contributed by atoms with Gasteiger partial charge in [0.2, 0.25) is 0 Å².